The van der Waals surface area contributed by atoms with Crippen LogP contribution in [0.4, 0.5) is 0 Å². The van der Waals surface area contributed by atoms with Crippen LogP contribution in [-0.2, 0) is 11.3 Å². The average molecular weight is 428 g/mol. The lowest BCUT2D eigenvalue weighted by atomic mass is 9.87. The number of rotatable bonds is 9. The third-order valence-corrected chi connectivity index (χ3v) is 7.46. The lowest BCUT2D eigenvalue weighted by molar-refractivity contribution is -0.121. The van der Waals surface area contributed by atoms with Gasteiger partial charge in [-0.2, -0.15) is 0 Å². The first-order valence-corrected chi connectivity index (χ1v) is 12.6. The van der Waals surface area contributed by atoms with Gasteiger partial charge in [0.25, 0.3) is 0 Å². The van der Waals surface area contributed by atoms with Crippen LogP contribution in [0.15, 0.2) is 24.5 Å². The maximum absolute atomic E-state index is 12.6. The number of carbonyl (C=O) groups is 1. The monoisotopic (exact) mass is 427 g/mol. The molecular formula is C25H41N5O. The van der Waals surface area contributed by atoms with Crippen LogP contribution < -0.4 is 5.32 Å². The van der Waals surface area contributed by atoms with Crippen LogP contribution in [0, 0.1) is 5.92 Å². The van der Waals surface area contributed by atoms with Crippen LogP contribution in [0.3, 0.4) is 0 Å². The zero-order valence-electron chi connectivity index (χ0n) is 19.2. The third-order valence-electron chi connectivity index (χ3n) is 7.46. The second-order valence-electron chi connectivity index (χ2n) is 9.75. The Hall–Kier alpha value is -1.50. The van der Waals surface area contributed by atoms with Gasteiger partial charge in [0.2, 0.25) is 5.91 Å². The van der Waals surface area contributed by atoms with Crippen molar-refractivity contribution in [2.75, 3.05) is 52.4 Å². The summed E-state index contributed by atoms with van der Waals surface area (Å²) in [5.74, 6) is 0.818. The highest BCUT2D eigenvalue weighted by molar-refractivity contribution is 5.75. The van der Waals surface area contributed by atoms with E-state index in [1.54, 1.807) is 0 Å². The molecule has 0 aliphatic carbocycles. The highest BCUT2D eigenvalue weighted by atomic mass is 16.1. The number of nitrogens with one attached hydrogen (secondary N) is 1. The molecule has 1 amide bonds. The predicted molar refractivity (Wildman–Crippen MR) is 125 cm³/mol. The van der Waals surface area contributed by atoms with Crippen molar-refractivity contribution < 1.29 is 4.79 Å². The van der Waals surface area contributed by atoms with Crippen LogP contribution in [0.25, 0.3) is 0 Å². The van der Waals surface area contributed by atoms with E-state index in [0.717, 1.165) is 39.1 Å². The number of hydrogen-bond donors (Lipinski definition) is 1. The van der Waals surface area contributed by atoms with Crippen LogP contribution in [0.5, 0.6) is 0 Å². The van der Waals surface area contributed by atoms with E-state index < -0.39 is 0 Å². The zero-order chi connectivity index (χ0) is 21.3. The van der Waals surface area contributed by atoms with Crippen LogP contribution in [0.1, 0.15) is 56.9 Å². The predicted octanol–water partition coefficient (Wildman–Crippen LogP) is 2.75. The summed E-state index contributed by atoms with van der Waals surface area (Å²) >= 11 is 0. The molecule has 0 radical (unpaired) electrons. The smallest absolute Gasteiger partial charge is 0.220 e. The molecule has 0 bridgehead atoms. The summed E-state index contributed by atoms with van der Waals surface area (Å²) in [7, 11) is 0. The molecule has 0 spiro atoms. The van der Waals surface area contributed by atoms with Crippen molar-refractivity contribution in [3.05, 3.63) is 30.1 Å². The van der Waals surface area contributed by atoms with Gasteiger partial charge in [-0.25, -0.2) is 0 Å². The molecule has 2 atom stereocenters. The molecule has 4 rings (SSSR count). The van der Waals surface area contributed by atoms with Crippen LogP contribution >= 0.6 is 0 Å². The molecule has 3 fully saturated rings. The Morgan fingerprint density at radius 3 is 2.61 bits per heavy atom. The molecule has 0 unspecified atom stereocenters. The fourth-order valence-corrected chi connectivity index (χ4v) is 5.77. The molecule has 1 aromatic heterocycles. The highest BCUT2D eigenvalue weighted by Crippen LogP contribution is 2.29. The van der Waals surface area contributed by atoms with Gasteiger partial charge in [0.05, 0.1) is 0 Å². The molecule has 3 aliphatic rings. The highest BCUT2D eigenvalue weighted by Gasteiger charge is 2.34. The van der Waals surface area contributed by atoms with E-state index in [1.807, 2.05) is 18.5 Å². The molecule has 6 heteroatoms. The van der Waals surface area contributed by atoms with Crippen LogP contribution in [-0.4, -0.2) is 84.0 Å². The Kier molecular flexibility index (Phi) is 8.73. The van der Waals surface area contributed by atoms with Gasteiger partial charge in [-0.05, 0) is 88.8 Å². The quantitative estimate of drug-likeness (QED) is 0.657. The largest absolute Gasteiger partial charge is 0.355 e. The summed E-state index contributed by atoms with van der Waals surface area (Å²) in [6.07, 6.45) is 13.4. The molecule has 172 valence electrons. The van der Waals surface area contributed by atoms with E-state index in [9.17, 15) is 4.79 Å². The van der Waals surface area contributed by atoms with Gasteiger partial charge >= 0.3 is 0 Å². The van der Waals surface area contributed by atoms with Gasteiger partial charge in [0.15, 0.2) is 0 Å². The van der Waals surface area contributed by atoms with E-state index in [-0.39, 0.29) is 5.91 Å². The number of amides is 1. The van der Waals surface area contributed by atoms with E-state index in [0.29, 0.717) is 18.4 Å². The number of pyridine rings is 1. The van der Waals surface area contributed by atoms with Gasteiger partial charge < -0.3 is 15.1 Å². The average Bonchev–Trinajstić information content (AvgIpc) is 3.34. The summed E-state index contributed by atoms with van der Waals surface area (Å²) in [5.41, 5.74) is 1.29. The van der Waals surface area contributed by atoms with Crippen molar-refractivity contribution in [1.29, 1.82) is 0 Å². The number of carbonyl (C=O) groups excluding carboxylic acids is 1. The first kappa shape index (κ1) is 22.7. The van der Waals surface area contributed by atoms with Crippen molar-refractivity contribution in [1.82, 2.24) is 25.0 Å². The first-order valence-electron chi connectivity index (χ1n) is 12.6. The SMILES string of the molecule is O=C(CC[C@H]1CN(Cc2cccnc2)CC[C@H]1N1CCCC1)NCCN1CCCCC1. The summed E-state index contributed by atoms with van der Waals surface area (Å²) in [6.45, 7) is 9.89. The number of piperidine rings is 2. The minimum Gasteiger partial charge on any atom is -0.355 e. The molecule has 3 aliphatic heterocycles. The summed E-state index contributed by atoms with van der Waals surface area (Å²) < 4.78 is 0. The normalized spacial score (nSPS) is 26.2. The van der Waals surface area contributed by atoms with Crippen molar-refractivity contribution in [3.8, 4) is 0 Å². The molecule has 1 aromatic rings. The fourth-order valence-electron chi connectivity index (χ4n) is 5.77. The van der Waals surface area contributed by atoms with Gasteiger partial charge in [-0.1, -0.05) is 12.5 Å². The number of aromatic nitrogens is 1. The molecule has 3 saturated heterocycles. The fraction of sp³-hybridized carbons (Fsp3) is 0.760. The Labute approximate surface area is 188 Å². The third kappa shape index (κ3) is 6.99. The molecule has 0 saturated carbocycles. The second kappa shape index (κ2) is 11.9. The Balaban J connectivity index is 1.25. The van der Waals surface area contributed by atoms with Crippen molar-refractivity contribution in [3.63, 3.8) is 0 Å². The summed E-state index contributed by atoms with van der Waals surface area (Å²) in [4.78, 5) is 24.6. The molecule has 31 heavy (non-hydrogen) atoms. The van der Waals surface area contributed by atoms with E-state index in [4.69, 9.17) is 0 Å². The molecule has 4 heterocycles. The van der Waals surface area contributed by atoms with Crippen molar-refractivity contribution in [2.45, 2.75) is 64.0 Å². The maximum Gasteiger partial charge on any atom is 0.220 e. The summed E-state index contributed by atoms with van der Waals surface area (Å²) in [5, 5.41) is 3.19. The molecular weight excluding hydrogens is 386 g/mol. The minimum absolute atomic E-state index is 0.238. The Morgan fingerprint density at radius 1 is 1.03 bits per heavy atom. The summed E-state index contributed by atoms with van der Waals surface area (Å²) in [6, 6.07) is 4.84. The number of likely N-dealkylation sites (tertiary alicyclic amines) is 3. The second-order valence-corrected chi connectivity index (χ2v) is 9.75. The Morgan fingerprint density at radius 2 is 1.84 bits per heavy atom. The van der Waals surface area contributed by atoms with Gasteiger partial charge in [-0.3, -0.25) is 14.7 Å². The van der Waals surface area contributed by atoms with E-state index in [2.05, 4.69) is 31.1 Å². The lowest BCUT2D eigenvalue weighted by Gasteiger charge is -2.43. The maximum atomic E-state index is 12.6. The minimum atomic E-state index is 0.238. The zero-order valence-corrected chi connectivity index (χ0v) is 19.2. The number of hydrogen-bond acceptors (Lipinski definition) is 5. The van der Waals surface area contributed by atoms with Gasteiger partial charge in [-0.15, -0.1) is 0 Å². The standard InChI is InChI=1S/C25H41N5O/c31-25(27-12-18-28-13-2-1-3-14-28)9-8-23-21-29(20-22-7-6-11-26-19-22)17-10-24(23)30-15-4-5-16-30/h6-7,11,19,23-24H,1-5,8-10,12-18,20-21H2,(H,27,31)/t23-,24+/m0/s1. The number of nitrogens with zero attached hydrogens (tertiary/aromatic N) is 4. The molecule has 0 aromatic carbocycles. The van der Waals surface area contributed by atoms with Crippen LogP contribution in [0.2, 0.25) is 0 Å². The van der Waals surface area contributed by atoms with Gasteiger partial charge in [0.1, 0.15) is 0 Å². The molecule has 1 N–H and O–H groups in total. The van der Waals surface area contributed by atoms with Crippen molar-refractivity contribution >= 4 is 5.91 Å². The van der Waals surface area contributed by atoms with E-state index in [1.165, 1.54) is 70.3 Å². The van der Waals surface area contributed by atoms with Crippen molar-refractivity contribution in [2.24, 2.45) is 5.92 Å². The first-order chi connectivity index (χ1) is 15.3. The topological polar surface area (TPSA) is 51.7 Å². The molecule has 6 nitrogen and oxygen atoms in total. The van der Waals surface area contributed by atoms with Gasteiger partial charge in [0, 0.05) is 51.0 Å². The Bertz CT molecular complexity index is 657. The lowest BCUT2D eigenvalue weighted by Crippen LogP contribution is -2.50. The van der Waals surface area contributed by atoms with E-state index >= 15 is 0 Å².